The fraction of sp³-hybridized carbons (Fsp3) is 0.303. The first-order valence-corrected chi connectivity index (χ1v) is 15.7. The minimum atomic E-state index is -4.51. The smallest absolute Gasteiger partial charge is 0.416 e. The predicted octanol–water partition coefficient (Wildman–Crippen LogP) is 9.39. The van der Waals surface area contributed by atoms with E-state index in [4.69, 9.17) is 21.1 Å². The molecule has 2 aromatic heterocycles. The quantitative estimate of drug-likeness (QED) is 0.179. The zero-order valence-electron chi connectivity index (χ0n) is 26.1. The van der Waals surface area contributed by atoms with Crippen LogP contribution in [0.15, 0.2) is 77.8 Å². The number of anilines is 2. The number of nitrogens with zero attached hydrogens (tertiary/aromatic N) is 2. The molecule has 4 rings (SSSR count). The van der Waals surface area contributed by atoms with Gasteiger partial charge in [0.1, 0.15) is 28.5 Å². The molecule has 0 saturated carbocycles. The van der Waals surface area contributed by atoms with Crippen LogP contribution in [0.4, 0.5) is 29.6 Å². The van der Waals surface area contributed by atoms with E-state index in [2.05, 4.69) is 20.0 Å². The minimum Gasteiger partial charge on any atom is -0.587 e. The second-order valence-corrected chi connectivity index (χ2v) is 14.1. The van der Waals surface area contributed by atoms with E-state index in [1.165, 1.54) is 24.3 Å². The Morgan fingerprint density at radius 3 is 2.20 bits per heavy atom. The third-order valence-corrected chi connectivity index (χ3v) is 7.34. The number of benzene rings is 2. The number of carbonyl (C=O) groups is 1. The molecule has 1 amide bonds. The van der Waals surface area contributed by atoms with Crippen molar-refractivity contribution in [1.82, 2.24) is 9.97 Å². The van der Waals surface area contributed by atoms with Crippen molar-refractivity contribution < 1.29 is 32.0 Å². The number of hydrogen-bond acceptors (Lipinski definition) is 7. The summed E-state index contributed by atoms with van der Waals surface area (Å²) in [5, 5.41) is 3.00. The molecule has 0 radical (unpaired) electrons. The third kappa shape index (κ3) is 9.75. The molecule has 1 unspecified atom stereocenters. The first-order valence-electron chi connectivity index (χ1n) is 14.1. The highest BCUT2D eigenvalue weighted by Crippen LogP contribution is 2.38. The first kappa shape index (κ1) is 34.9. The van der Waals surface area contributed by atoms with Gasteiger partial charge in [-0.15, -0.1) is 0 Å². The fourth-order valence-electron chi connectivity index (χ4n) is 4.00. The number of aromatic nitrogens is 2. The molecular weight excluding hydrogens is 641 g/mol. The summed E-state index contributed by atoms with van der Waals surface area (Å²) in [6.07, 6.45) is -5.23. The summed E-state index contributed by atoms with van der Waals surface area (Å²) >= 11 is 4.48. The number of amides is 1. The molecule has 0 saturated heterocycles. The SMILES string of the molecule is CC(C)(C)COc1cc(-c2ccc(N[S+]([O-])c3cccc(NC(=O)OC(C)(C)C)n3)nc2-c2ccc(C(F)(F)F)cc2)ccc1Cl. The summed E-state index contributed by atoms with van der Waals surface area (Å²) in [6.45, 7) is 11.6. The average Bonchev–Trinajstić information content (AvgIpc) is 2.95. The fourth-order valence-corrected chi connectivity index (χ4v) is 4.97. The standard InChI is InChI=1S/C33H34ClF3N4O4S/c1-31(2,3)19-44-25-18-21(12-16-24(25)34)23-15-17-27(39-29(23)20-10-13-22(14-11-20)33(35,36)37)41-46(43)28-9-7-8-26(38-28)40-30(42)45-32(4,5)6/h7-18H,19H2,1-6H3,(H,39,41)(H,38,40,42). The molecule has 1 atom stereocenters. The Morgan fingerprint density at radius 2 is 1.57 bits per heavy atom. The van der Waals surface area contributed by atoms with Gasteiger partial charge in [0.2, 0.25) is 0 Å². The van der Waals surface area contributed by atoms with Gasteiger partial charge in [-0.2, -0.15) is 22.9 Å². The largest absolute Gasteiger partial charge is 0.587 e. The van der Waals surface area contributed by atoms with Gasteiger partial charge in [-0.3, -0.25) is 5.32 Å². The Hall–Kier alpha value is -4.00. The maximum Gasteiger partial charge on any atom is 0.416 e. The Morgan fingerprint density at radius 1 is 0.891 bits per heavy atom. The van der Waals surface area contributed by atoms with E-state index < -0.39 is 34.8 Å². The van der Waals surface area contributed by atoms with E-state index >= 15 is 0 Å². The summed E-state index contributed by atoms with van der Waals surface area (Å²) in [5.74, 6) is 0.743. The minimum absolute atomic E-state index is 0.0915. The highest BCUT2D eigenvalue weighted by atomic mass is 35.5. The van der Waals surface area contributed by atoms with Crippen LogP contribution in [0.2, 0.25) is 5.02 Å². The van der Waals surface area contributed by atoms with Crippen molar-refractivity contribution in [2.75, 3.05) is 16.6 Å². The van der Waals surface area contributed by atoms with Crippen LogP contribution in [0.3, 0.4) is 0 Å². The van der Waals surface area contributed by atoms with Crippen LogP contribution >= 0.6 is 11.6 Å². The molecule has 0 spiro atoms. The lowest BCUT2D eigenvalue weighted by Gasteiger charge is -2.20. The van der Waals surface area contributed by atoms with Crippen molar-refractivity contribution in [3.05, 3.63) is 83.4 Å². The normalized spacial score (nSPS) is 12.8. The molecular formula is C33H34ClF3N4O4S. The number of rotatable bonds is 8. The van der Waals surface area contributed by atoms with Gasteiger partial charge in [-0.25, -0.2) is 9.78 Å². The van der Waals surface area contributed by atoms with Crippen LogP contribution in [-0.4, -0.2) is 32.8 Å². The van der Waals surface area contributed by atoms with Crippen molar-refractivity contribution in [3.8, 4) is 28.1 Å². The lowest BCUT2D eigenvalue weighted by molar-refractivity contribution is -0.137. The van der Waals surface area contributed by atoms with Gasteiger partial charge in [0.25, 0.3) is 5.03 Å². The molecule has 0 aliphatic carbocycles. The Labute approximate surface area is 274 Å². The summed E-state index contributed by atoms with van der Waals surface area (Å²) < 4.78 is 67.2. The molecule has 46 heavy (non-hydrogen) atoms. The number of carbonyl (C=O) groups excluding carboxylic acids is 1. The summed E-state index contributed by atoms with van der Waals surface area (Å²) in [5.41, 5.74) is 0.306. The second kappa shape index (κ2) is 13.8. The number of halogens is 4. The van der Waals surface area contributed by atoms with Crippen LogP contribution in [0.1, 0.15) is 47.1 Å². The van der Waals surface area contributed by atoms with Crippen LogP contribution in [0.5, 0.6) is 5.75 Å². The lowest BCUT2D eigenvalue weighted by Crippen LogP contribution is -2.27. The van der Waals surface area contributed by atoms with Gasteiger partial charge in [-0.05, 0) is 74.2 Å². The van der Waals surface area contributed by atoms with Crippen LogP contribution in [-0.2, 0) is 22.3 Å². The molecule has 2 aromatic carbocycles. The molecule has 0 fully saturated rings. The number of ether oxygens (including phenoxy) is 2. The van der Waals surface area contributed by atoms with E-state index in [1.54, 1.807) is 57.2 Å². The molecule has 8 nitrogen and oxygen atoms in total. The van der Waals surface area contributed by atoms with Gasteiger partial charge in [0.05, 0.1) is 22.9 Å². The van der Waals surface area contributed by atoms with Crippen LogP contribution in [0, 0.1) is 5.41 Å². The van der Waals surface area contributed by atoms with Crippen LogP contribution < -0.4 is 14.8 Å². The predicted molar refractivity (Wildman–Crippen MR) is 174 cm³/mol. The number of nitrogens with one attached hydrogen (secondary N) is 2. The third-order valence-electron chi connectivity index (χ3n) is 6.02. The van der Waals surface area contributed by atoms with Gasteiger partial charge in [-0.1, -0.05) is 56.6 Å². The number of alkyl halides is 3. The number of pyridine rings is 2. The van der Waals surface area contributed by atoms with Gasteiger partial charge in [0, 0.05) is 17.2 Å². The first-order chi connectivity index (χ1) is 21.4. The van der Waals surface area contributed by atoms with Gasteiger partial charge >= 0.3 is 12.3 Å². The van der Waals surface area contributed by atoms with E-state index in [9.17, 15) is 22.5 Å². The van der Waals surface area contributed by atoms with Crippen molar-refractivity contribution in [1.29, 1.82) is 0 Å². The van der Waals surface area contributed by atoms with Crippen molar-refractivity contribution >= 4 is 40.7 Å². The molecule has 244 valence electrons. The maximum absolute atomic E-state index is 13.3. The van der Waals surface area contributed by atoms with E-state index in [-0.39, 0.29) is 22.1 Å². The van der Waals surface area contributed by atoms with Gasteiger partial charge < -0.3 is 14.0 Å². The Balaban J connectivity index is 1.68. The Bertz CT molecular complexity index is 1690. The van der Waals surface area contributed by atoms with E-state index in [1.807, 2.05) is 20.8 Å². The van der Waals surface area contributed by atoms with E-state index in [0.717, 1.165) is 12.1 Å². The second-order valence-electron chi connectivity index (χ2n) is 12.5. The lowest BCUT2D eigenvalue weighted by atomic mass is 9.97. The van der Waals surface area contributed by atoms with Gasteiger partial charge in [0.15, 0.2) is 5.82 Å². The molecule has 0 bridgehead atoms. The summed E-state index contributed by atoms with van der Waals surface area (Å²) in [7, 11) is 0. The monoisotopic (exact) mass is 674 g/mol. The number of hydrogen-bond donors (Lipinski definition) is 2. The molecule has 13 heteroatoms. The molecule has 2 heterocycles. The van der Waals surface area contributed by atoms with E-state index in [0.29, 0.717) is 39.8 Å². The topological polar surface area (TPSA) is 108 Å². The van der Waals surface area contributed by atoms with Crippen molar-refractivity contribution in [2.24, 2.45) is 5.41 Å². The molecule has 2 N–H and O–H groups in total. The van der Waals surface area contributed by atoms with Crippen molar-refractivity contribution in [3.63, 3.8) is 0 Å². The Kier molecular flexibility index (Phi) is 10.4. The molecule has 0 aliphatic rings. The van der Waals surface area contributed by atoms with Crippen LogP contribution in [0.25, 0.3) is 22.4 Å². The zero-order chi connectivity index (χ0) is 33.9. The summed E-state index contributed by atoms with van der Waals surface area (Å²) in [4.78, 5) is 21.0. The van der Waals surface area contributed by atoms with Crippen molar-refractivity contribution in [2.45, 2.75) is 58.3 Å². The molecule has 0 aliphatic heterocycles. The highest BCUT2D eigenvalue weighted by Gasteiger charge is 2.30. The highest BCUT2D eigenvalue weighted by molar-refractivity contribution is 7.92. The summed E-state index contributed by atoms with van der Waals surface area (Å²) in [6, 6.07) is 17.7. The maximum atomic E-state index is 13.3. The zero-order valence-corrected chi connectivity index (χ0v) is 27.7. The average molecular weight is 675 g/mol. The molecule has 4 aromatic rings.